The second-order valence-corrected chi connectivity index (χ2v) is 5.49. The molecule has 0 aliphatic carbocycles. The molecule has 1 N–H and O–H groups in total. The summed E-state index contributed by atoms with van der Waals surface area (Å²) in [5.74, 6) is 0.198. The highest BCUT2D eigenvalue weighted by molar-refractivity contribution is 5.86. The third kappa shape index (κ3) is 2.53. The highest BCUT2D eigenvalue weighted by Gasteiger charge is 2.28. The maximum Gasteiger partial charge on any atom is 0.244 e. The van der Waals surface area contributed by atoms with Gasteiger partial charge < -0.3 is 15.1 Å². The minimum Gasteiger partial charge on any atom is -0.374 e. The van der Waals surface area contributed by atoms with Crippen molar-refractivity contribution in [1.82, 2.24) is 4.90 Å². The zero-order chi connectivity index (χ0) is 13.2. The van der Waals surface area contributed by atoms with Crippen LogP contribution in [0.5, 0.6) is 0 Å². The normalized spacial score (nSPS) is 23.2. The number of carbonyl (C=O) groups is 1. The molecule has 2 aliphatic rings. The standard InChI is InChI=1S/C15H21N3O/c1-17-11-8-14(15(17)19)16-12-4-6-13(7-5-12)18-9-2-3-10-18/h4-7,14,16H,2-3,8-11H2,1H3. The van der Waals surface area contributed by atoms with Crippen LogP contribution in [0.15, 0.2) is 24.3 Å². The van der Waals surface area contributed by atoms with Crippen LogP contribution in [0.25, 0.3) is 0 Å². The molecule has 19 heavy (non-hydrogen) atoms. The van der Waals surface area contributed by atoms with Gasteiger partial charge in [-0.2, -0.15) is 0 Å². The summed E-state index contributed by atoms with van der Waals surface area (Å²) in [6.45, 7) is 3.18. The molecule has 2 fully saturated rings. The molecule has 3 rings (SSSR count). The zero-order valence-corrected chi connectivity index (χ0v) is 11.4. The Hall–Kier alpha value is -1.71. The fourth-order valence-corrected chi connectivity index (χ4v) is 2.90. The van der Waals surface area contributed by atoms with E-state index in [1.54, 1.807) is 4.90 Å². The van der Waals surface area contributed by atoms with E-state index in [2.05, 4.69) is 34.5 Å². The van der Waals surface area contributed by atoms with Crippen LogP contribution in [0, 0.1) is 0 Å². The van der Waals surface area contributed by atoms with Crippen LogP contribution in [-0.4, -0.2) is 43.5 Å². The fraction of sp³-hybridized carbons (Fsp3) is 0.533. The highest BCUT2D eigenvalue weighted by atomic mass is 16.2. The average molecular weight is 259 g/mol. The van der Waals surface area contributed by atoms with Crippen LogP contribution in [-0.2, 0) is 4.79 Å². The van der Waals surface area contributed by atoms with Gasteiger partial charge in [0.05, 0.1) is 0 Å². The summed E-state index contributed by atoms with van der Waals surface area (Å²) in [7, 11) is 1.86. The first-order valence-corrected chi connectivity index (χ1v) is 7.10. The summed E-state index contributed by atoms with van der Waals surface area (Å²) < 4.78 is 0. The number of likely N-dealkylation sites (N-methyl/N-ethyl adjacent to an activating group) is 1. The first kappa shape index (κ1) is 12.3. The third-order valence-corrected chi connectivity index (χ3v) is 4.11. The monoisotopic (exact) mass is 259 g/mol. The third-order valence-electron chi connectivity index (χ3n) is 4.11. The molecule has 0 radical (unpaired) electrons. The Morgan fingerprint density at radius 2 is 1.79 bits per heavy atom. The molecule has 1 amide bonds. The largest absolute Gasteiger partial charge is 0.374 e. The molecule has 0 aromatic heterocycles. The van der Waals surface area contributed by atoms with E-state index in [0.717, 1.165) is 18.7 Å². The van der Waals surface area contributed by atoms with E-state index >= 15 is 0 Å². The molecule has 0 saturated carbocycles. The quantitative estimate of drug-likeness (QED) is 0.901. The molecule has 102 valence electrons. The molecule has 0 bridgehead atoms. The first-order chi connectivity index (χ1) is 9.24. The molecule has 1 atom stereocenters. The molecule has 2 saturated heterocycles. The molecule has 1 aromatic carbocycles. The summed E-state index contributed by atoms with van der Waals surface area (Å²) in [5, 5.41) is 3.33. The van der Waals surface area contributed by atoms with Gasteiger partial charge in [0, 0.05) is 38.1 Å². The number of hydrogen-bond acceptors (Lipinski definition) is 3. The Morgan fingerprint density at radius 1 is 1.11 bits per heavy atom. The van der Waals surface area contributed by atoms with Gasteiger partial charge in [0.15, 0.2) is 0 Å². The van der Waals surface area contributed by atoms with Crippen molar-refractivity contribution in [1.29, 1.82) is 0 Å². The van der Waals surface area contributed by atoms with Crippen LogP contribution in [0.3, 0.4) is 0 Å². The highest BCUT2D eigenvalue weighted by Crippen LogP contribution is 2.23. The van der Waals surface area contributed by atoms with E-state index in [0.29, 0.717) is 0 Å². The number of hydrogen-bond donors (Lipinski definition) is 1. The van der Waals surface area contributed by atoms with Gasteiger partial charge >= 0.3 is 0 Å². The van der Waals surface area contributed by atoms with E-state index in [-0.39, 0.29) is 11.9 Å². The molecule has 4 nitrogen and oxygen atoms in total. The van der Waals surface area contributed by atoms with Crippen molar-refractivity contribution in [3.8, 4) is 0 Å². The van der Waals surface area contributed by atoms with Gasteiger partial charge in [-0.05, 0) is 43.5 Å². The van der Waals surface area contributed by atoms with Crippen molar-refractivity contribution in [2.75, 3.05) is 36.9 Å². The minimum atomic E-state index is -0.0531. The molecule has 4 heteroatoms. The van der Waals surface area contributed by atoms with Crippen LogP contribution in [0.1, 0.15) is 19.3 Å². The number of rotatable bonds is 3. The van der Waals surface area contributed by atoms with Gasteiger partial charge in [0.1, 0.15) is 6.04 Å². The van der Waals surface area contributed by atoms with Crippen molar-refractivity contribution < 1.29 is 4.79 Å². The summed E-state index contributed by atoms with van der Waals surface area (Å²) >= 11 is 0. The van der Waals surface area contributed by atoms with E-state index in [1.165, 1.54) is 31.6 Å². The molecule has 2 aliphatic heterocycles. The number of nitrogens with one attached hydrogen (secondary N) is 1. The number of benzene rings is 1. The number of likely N-dealkylation sites (tertiary alicyclic amines) is 1. The summed E-state index contributed by atoms with van der Waals surface area (Å²) in [6, 6.07) is 8.41. The van der Waals surface area contributed by atoms with Crippen molar-refractivity contribution >= 4 is 17.3 Å². The Morgan fingerprint density at radius 3 is 2.37 bits per heavy atom. The fourth-order valence-electron chi connectivity index (χ4n) is 2.90. The predicted molar refractivity (Wildman–Crippen MR) is 77.6 cm³/mol. The van der Waals surface area contributed by atoms with Crippen molar-refractivity contribution in [3.05, 3.63) is 24.3 Å². The van der Waals surface area contributed by atoms with Crippen LogP contribution >= 0.6 is 0 Å². The van der Waals surface area contributed by atoms with E-state index in [1.807, 2.05) is 7.05 Å². The molecule has 1 aromatic rings. The first-order valence-electron chi connectivity index (χ1n) is 7.10. The molecule has 0 spiro atoms. The van der Waals surface area contributed by atoms with Crippen LogP contribution in [0.4, 0.5) is 11.4 Å². The van der Waals surface area contributed by atoms with E-state index < -0.39 is 0 Å². The Bertz CT molecular complexity index is 451. The Balaban J connectivity index is 1.64. The molecular formula is C15H21N3O. The SMILES string of the molecule is CN1CCC(Nc2ccc(N3CCCC3)cc2)C1=O. The van der Waals surface area contributed by atoms with Crippen LogP contribution < -0.4 is 10.2 Å². The topological polar surface area (TPSA) is 35.6 Å². The Labute approximate surface area is 114 Å². The number of nitrogens with zero attached hydrogens (tertiary/aromatic N) is 2. The van der Waals surface area contributed by atoms with Crippen molar-refractivity contribution in [3.63, 3.8) is 0 Å². The van der Waals surface area contributed by atoms with Crippen LogP contribution in [0.2, 0.25) is 0 Å². The second kappa shape index (κ2) is 5.11. The van der Waals surface area contributed by atoms with Gasteiger partial charge in [0.25, 0.3) is 0 Å². The summed E-state index contributed by atoms with van der Waals surface area (Å²) in [6.07, 6.45) is 3.48. The summed E-state index contributed by atoms with van der Waals surface area (Å²) in [4.78, 5) is 16.0. The lowest BCUT2D eigenvalue weighted by Crippen LogP contribution is -2.30. The zero-order valence-electron chi connectivity index (χ0n) is 11.4. The lowest BCUT2D eigenvalue weighted by molar-refractivity contribution is -0.127. The van der Waals surface area contributed by atoms with Gasteiger partial charge in [-0.3, -0.25) is 4.79 Å². The predicted octanol–water partition coefficient (Wildman–Crippen LogP) is 1.93. The maximum absolute atomic E-state index is 11.8. The molecule has 2 heterocycles. The van der Waals surface area contributed by atoms with Crippen molar-refractivity contribution in [2.24, 2.45) is 0 Å². The van der Waals surface area contributed by atoms with E-state index in [9.17, 15) is 4.79 Å². The number of anilines is 2. The van der Waals surface area contributed by atoms with E-state index in [4.69, 9.17) is 0 Å². The number of carbonyl (C=O) groups excluding carboxylic acids is 1. The van der Waals surface area contributed by atoms with Gasteiger partial charge in [-0.15, -0.1) is 0 Å². The average Bonchev–Trinajstić information content (AvgIpc) is 3.06. The molecule has 1 unspecified atom stereocenters. The lowest BCUT2D eigenvalue weighted by atomic mass is 10.2. The smallest absolute Gasteiger partial charge is 0.244 e. The molecular weight excluding hydrogens is 238 g/mol. The lowest BCUT2D eigenvalue weighted by Gasteiger charge is -2.19. The maximum atomic E-state index is 11.8. The second-order valence-electron chi connectivity index (χ2n) is 5.49. The van der Waals surface area contributed by atoms with Gasteiger partial charge in [-0.25, -0.2) is 0 Å². The number of amides is 1. The minimum absolute atomic E-state index is 0.0531. The van der Waals surface area contributed by atoms with Gasteiger partial charge in [-0.1, -0.05) is 0 Å². The van der Waals surface area contributed by atoms with Crippen molar-refractivity contribution in [2.45, 2.75) is 25.3 Å². The summed E-state index contributed by atoms with van der Waals surface area (Å²) in [5.41, 5.74) is 2.33. The Kier molecular flexibility index (Phi) is 3.32. The van der Waals surface area contributed by atoms with Gasteiger partial charge in [0.2, 0.25) is 5.91 Å².